The number of pyridine rings is 1. The smallest absolute Gasteiger partial charge is 0.259 e. The van der Waals surface area contributed by atoms with Gasteiger partial charge >= 0.3 is 0 Å². The zero-order valence-electron chi connectivity index (χ0n) is 16.3. The summed E-state index contributed by atoms with van der Waals surface area (Å²) in [6, 6.07) is 3.70. The van der Waals surface area contributed by atoms with Gasteiger partial charge in [-0.1, -0.05) is 18.0 Å². The van der Waals surface area contributed by atoms with Crippen LogP contribution in [-0.4, -0.2) is 28.1 Å². The second-order valence-electron chi connectivity index (χ2n) is 7.48. The number of rotatable bonds is 4. The average molecular weight is 405 g/mol. The maximum absolute atomic E-state index is 13.2. The lowest BCUT2D eigenvalue weighted by atomic mass is 9.96. The first-order chi connectivity index (χ1) is 12.9. The lowest BCUT2D eigenvalue weighted by Gasteiger charge is -2.28. The molecule has 1 aliphatic rings. The van der Waals surface area contributed by atoms with Gasteiger partial charge in [-0.3, -0.25) is 4.79 Å². The topological polar surface area (TPSA) is 107 Å². The van der Waals surface area contributed by atoms with Crippen molar-refractivity contribution in [2.45, 2.75) is 52.0 Å². The van der Waals surface area contributed by atoms with Gasteiger partial charge in [0, 0.05) is 12.1 Å². The Morgan fingerprint density at radius 1 is 1.25 bits per heavy atom. The van der Waals surface area contributed by atoms with E-state index in [9.17, 15) is 4.79 Å². The monoisotopic (exact) mass is 404 g/mol. The average Bonchev–Trinajstić information content (AvgIpc) is 3.34. The molecule has 7 nitrogen and oxygen atoms in total. The van der Waals surface area contributed by atoms with Crippen molar-refractivity contribution in [2.75, 3.05) is 6.54 Å². The first-order valence-corrected chi connectivity index (χ1v) is 9.29. The van der Waals surface area contributed by atoms with E-state index in [-0.39, 0.29) is 23.9 Å². The van der Waals surface area contributed by atoms with E-state index in [2.05, 4.69) is 15.5 Å². The van der Waals surface area contributed by atoms with Crippen LogP contribution in [0.1, 0.15) is 53.3 Å². The molecule has 4 rings (SSSR count). The fraction of sp³-hybridized carbons (Fsp3) is 0.450. The Bertz CT molecular complexity index is 1020. The molecule has 3 aromatic rings. The number of aryl methyl sites for hydroxylation is 3. The van der Waals surface area contributed by atoms with E-state index >= 15 is 0 Å². The minimum absolute atomic E-state index is 0. The van der Waals surface area contributed by atoms with Gasteiger partial charge in [-0.2, -0.15) is 0 Å². The molecule has 0 bridgehead atoms. The van der Waals surface area contributed by atoms with Crippen LogP contribution in [0.3, 0.4) is 0 Å². The Hall–Kier alpha value is -2.38. The lowest BCUT2D eigenvalue weighted by molar-refractivity contribution is 0.0904. The highest BCUT2D eigenvalue weighted by atomic mass is 35.5. The van der Waals surface area contributed by atoms with Crippen LogP contribution in [0.2, 0.25) is 0 Å². The Kier molecular flexibility index (Phi) is 5.50. The molecule has 3 N–H and O–H groups in total. The third kappa shape index (κ3) is 3.40. The molecule has 1 saturated carbocycles. The van der Waals surface area contributed by atoms with Crippen molar-refractivity contribution in [2.24, 2.45) is 5.73 Å². The van der Waals surface area contributed by atoms with Gasteiger partial charge in [-0.25, -0.2) is 4.98 Å². The zero-order chi connectivity index (χ0) is 19.2. The number of carbonyl (C=O) groups is 1. The minimum Gasteiger partial charge on any atom is -0.466 e. The number of aromatic nitrogens is 2. The largest absolute Gasteiger partial charge is 0.466 e. The quantitative estimate of drug-likeness (QED) is 0.684. The molecular weight excluding hydrogens is 380 g/mol. The van der Waals surface area contributed by atoms with Crippen LogP contribution in [-0.2, 0) is 0 Å². The number of carbonyl (C=O) groups excluding carboxylic acids is 1. The predicted molar refractivity (Wildman–Crippen MR) is 109 cm³/mol. The molecule has 0 saturated heterocycles. The van der Waals surface area contributed by atoms with Gasteiger partial charge in [-0.15, -0.1) is 12.4 Å². The van der Waals surface area contributed by atoms with Gasteiger partial charge in [0.05, 0.1) is 27.9 Å². The fourth-order valence-corrected chi connectivity index (χ4v) is 4.04. The van der Waals surface area contributed by atoms with Gasteiger partial charge in [-0.05, 0) is 45.7 Å². The Morgan fingerprint density at radius 3 is 2.57 bits per heavy atom. The van der Waals surface area contributed by atoms with Crippen molar-refractivity contribution >= 4 is 29.4 Å². The molecule has 3 heterocycles. The van der Waals surface area contributed by atoms with Crippen molar-refractivity contribution in [1.29, 1.82) is 0 Å². The van der Waals surface area contributed by atoms with E-state index in [4.69, 9.17) is 14.7 Å². The first-order valence-electron chi connectivity index (χ1n) is 9.29. The van der Waals surface area contributed by atoms with Crippen molar-refractivity contribution in [3.63, 3.8) is 0 Å². The summed E-state index contributed by atoms with van der Waals surface area (Å²) < 4.78 is 11.0. The van der Waals surface area contributed by atoms with Crippen molar-refractivity contribution in [3.05, 3.63) is 34.9 Å². The molecular formula is C20H25ClN4O3. The van der Waals surface area contributed by atoms with Crippen LogP contribution in [0.15, 0.2) is 21.1 Å². The van der Waals surface area contributed by atoms with E-state index in [1.54, 1.807) is 6.07 Å². The molecule has 0 aliphatic heterocycles. The Morgan fingerprint density at radius 2 is 1.96 bits per heavy atom. The molecule has 0 spiro atoms. The van der Waals surface area contributed by atoms with Crippen LogP contribution >= 0.6 is 12.4 Å². The van der Waals surface area contributed by atoms with Gasteiger partial charge in [0.15, 0.2) is 0 Å². The molecule has 28 heavy (non-hydrogen) atoms. The molecule has 1 aliphatic carbocycles. The number of nitrogens with zero attached hydrogens (tertiary/aromatic N) is 2. The standard InChI is InChI=1S/C20H24N4O3.ClH/c1-11-8-14(13(3)26-11)16-9-15(17-12(2)24-27-19(17)22-16)18(25)23-20(10-21)6-4-5-7-20;/h8-9H,4-7,10,21H2,1-3H3,(H,23,25);1H. The van der Waals surface area contributed by atoms with E-state index in [0.29, 0.717) is 34.6 Å². The second-order valence-corrected chi connectivity index (χ2v) is 7.48. The number of hydrogen-bond donors (Lipinski definition) is 2. The molecule has 3 aromatic heterocycles. The van der Waals surface area contributed by atoms with Gasteiger partial charge < -0.3 is 20.0 Å². The van der Waals surface area contributed by atoms with E-state index < -0.39 is 0 Å². The summed E-state index contributed by atoms with van der Waals surface area (Å²) in [5.74, 6) is 1.37. The van der Waals surface area contributed by atoms with Crippen LogP contribution in [0.25, 0.3) is 22.4 Å². The van der Waals surface area contributed by atoms with Crippen LogP contribution in [0.4, 0.5) is 0 Å². The van der Waals surface area contributed by atoms with E-state index in [1.165, 1.54) is 0 Å². The highest BCUT2D eigenvalue weighted by Gasteiger charge is 2.35. The SMILES string of the molecule is Cc1cc(-c2cc(C(=O)NC3(CN)CCCC3)c3c(C)noc3n2)c(C)o1.Cl. The number of amides is 1. The Balaban J connectivity index is 0.00000225. The molecule has 150 valence electrons. The summed E-state index contributed by atoms with van der Waals surface area (Å²) in [6.45, 7) is 6.00. The highest BCUT2D eigenvalue weighted by molar-refractivity contribution is 6.07. The van der Waals surface area contributed by atoms with Crippen molar-refractivity contribution in [1.82, 2.24) is 15.5 Å². The summed E-state index contributed by atoms with van der Waals surface area (Å²) in [4.78, 5) is 17.8. The minimum atomic E-state index is -0.333. The van der Waals surface area contributed by atoms with Gasteiger partial charge in [0.25, 0.3) is 11.6 Å². The second kappa shape index (κ2) is 7.56. The molecule has 0 aromatic carbocycles. The van der Waals surface area contributed by atoms with Crippen LogP contribution < -0.4 is 11.1 Å². The fourth-order valence-electron chi connectivity index (χ4n) is 4.04. The highest BCUT2D eigenvalue weighted by Crippen LogP contribution is 2.32. The number of nitrogens with two attached hydrogens (primary N) is 1. The van der Waals surface area contributed by atoms with Crippen molar-refractivity contribution in [3.8, 4) is 11.3 Å². The molecule has 1 fully saturated rings. The zero-order valence-corrected chi connectivity index (χ0v) is 17.1. The summed E-state index contributed by atoms with van der Waals surface area (Å²) in [7, 11) is 0. The van der Waals surface area contributed by atoms with Crippen molar-refractivity contribution < 1.29 is 13.7 Å². The summed E-state index contributed by atoms with van der Waals surface area (Å²) >= 11 is 0. The van der Waals surface area contributed by atoms with Crippen LogP contribution in [0.5, 0.6) is 0 Å². The number of furan rings is 1. The number of nitrogens with one attached hydrogen (secondary N) is 1. The molecule has 1 amide bonds. The molecule has 8 heteroatoms. The number of fused-ring (bicyclic) bond motifs is 1. The maximum Gasteiger partial charge on any atom is 0.259 e. The normalized spacial score (nSPS) is 15.6. The summed E-state index contributed by atoms with van der Waals surface area (Å²) in [5.41, 5.74) is 8.62. The van der Waals surface area contributed by atoms with Gasteiger partial charge in [0.2, 0.25) is 0 Å². The van der Waals surface area contributed by atoms with E-state index in [1.807, 2.05) is 26.8 Å². The maximum atomic E-state index is 13.2. The third-order valence-corrected chi connectivity index (χ3v) is 5.51. The van der Waals surface area contributed by atoms with Crippen LogP contribution in [0, 0.1) is 20.8 Å². The molecule has 0 unspecified atom stereocenters. The third-order valence-electron chi connectivity index (χ3n) is 5.51. The van der Waals surface area contributed by atoms with E-state index in [0.717, 1.165) is 42.8 Å². The lowest BCUT2D eigenvalue weighted by Crippen LogP contribution is -2.51. The molecule has 0 radical (unpaired) electrons. The predicted octanol–water partition coefficient (Wildman–Crippen LogP) is 3.83. The summed E-state index contributed by atoms with van der Waals surface area (Å²) in [6.07, 6.45) is 3.96. The Labute approximate surface area is 169 Å². The van der Waals surface area contributed by atoms with Gasteiger partial charge in [0.1, 0.15) is 11.5 Å². The summed E-state index contributed by atoms with van der Waals surface area (Å²) in [5, 5.41) is 7.82. The first kappa shape index (κ1) is 20.4. The number of halogens is 1. The molecule has 0 atom stereocenters. The number of hydrogen-bond acceptors (Lipinski definition) is 6.